The predicted octanol–water partition coefficient (Wildman–Crippen LogP) is 5.05. The van der Waals surface area contributed by atoms with Crippen molar-refractivity contribution in [2.75, 3.05) is 39.8 Å². The minimum absolute atomic E-state index is 0.0513. The Morgan fingerprint density at radius 1 is 1.03 bits per heavy atom. The zero-order valence-corrected chi connectivity index (χ0v) is 23.2. The van der Waals surface area contributed by atoms with Gasteiger partial charge in [-0.1, -0.05) is 35.3 Å². The lowest BCUT2D eigenvalue weighted by Crippen LogP contribution is -2.57. The Morgan fingerprint density at radius 2 is 1.71 bits per heavy atom. The van der Waals surface area contributed by atoms with Gasteiger partial charge in [-0.15, -0.1) is 0 Å². The van der Waals surface area contributed by atoms with Crippen LogP contribution >= 0.6 is 23.2 Å². The Morgan fingerprint density at radius 3 is 2.32 bits per heavy atom. The molecule has 38 heavy (non-hydrogen) atoms. The number of benzene rings is 2. The molecule has 2 saturated heterocycles. The van der Waals surface area contributed by atoms with Gasteiger partial charge in [0.05, 0.1) is 15.6 Å². The van der Waals surface area contributed by atoms with Crippen LogP contribution < -0.4 is 5.32 Å². The van der Waals surface area contributed by atoms with Crippen LogP contribution in [0.25, 0.3) is 0 Å². The molecular formula is C27H34Cl2F4N4O. The highest BCUT2D eigenvalue weighted by molar-refractivity contribution is 6.42. The van der Waals surface area contributed by atoms with Crippen molar-refractivity contribution in [3.8, 4) is 0 Å². The maximum atomic E-state index is 14.2. The molecule has 0 amide bonds. The van der Waals surface area contributed by atoms with Crippen molar-refractivity contribution in [1.29, 1.82) is 0 Å². The zero-order chi connectivity index (χ0) is 27.8. The topological polar surface area (TPSA) is 42.0 Å². The molecule has 2 aliphatic heterocycles. The van der Waals surface area contributed by atoms with Gasteiger partial charge in [-0.05, 0) is 56.3 Å². The third-order valence-electron chi connectivity index (χ3n) is 7.50. The second kappa shape index (κ2) is 12.0. The van der Waals surface area contributed by atoms with E-state index in [1.807, 2.05) is 29.0 Å². The number of aliphatic hydroxyl groups is 1. The summed E-state index contributed by atoms with van der Waals surface area (Å²) in [5.41, 5.74) is 0.118. The Bertz CT molecular complexity index is 1110. The largest absolute Gasteiger partial charge is 0.419 e. The summed E-state index contributed by atoms with van der Waals surface area (Å²) >= 11 is 12.5. The van der Waals surface area contributed by atoms with E-state index in [2.05, 4.69) is 24.1 Å². The van der Waals surface area contributed by atoms with Crippen LogP contribution in [0.1, 0.15) is 36.5 Å². The number of nitrogens with zero attached hydrogens (tertiary/aromatic N) is 3. The number of piperazine rings is 1. The van der Waals surface area contributed by atoms with E-state index < -0.39 is 23.8 Å². The number of nitrogens with one attached hydrogen (secondary N) is 1. The van der Waals surface area contributed by atoms with E-state index in [0.717, 1.165) is 30.8 Å². The molecule has 2 aromatic carbocycles. The van der Waals surface area contributed by atoms with Crippen molar-refractivity contribution in [1.82, 2.24) is 20.0 Å². The molecule has 4 rings (SSSR count). The smallest absolute Gasteiger partial charge is 0.377 e. The molecule has 0 aliphatic carbocycles. The summed E-state index contributed by atoms with van der Waals surface area (Å²) in [6.07, 6.45) is -5.44. The summed E-state index contributed by atoms with van der Waals surface area (Å²) in [7, 11) is 1.86. The van der Waals surface area contributed by atoms with Crippen molar-refractivity contribution in [3.05, 3.63) is 69.0 Å². The zero-order valence-electron chi connectivity index (χ0n) is 21.7. The summed E-state index contributed by atoms with van der Waals surface area (Å²) in [5, 5.41) is 15.6. The van der Waals surface area contributed by atoms with Gasteiger partial charge in [0.1, 0.15) is 12.0 Å². The maximum Gasteiger partial charge on any atom is 0.419 e. The number of alkyl halides is 3. The quantitative estimate of drug-likeness (QED) is 0.451. The van der Waals surface area contributed by atoms with Crippen molar-refractivity contribution in [3.63, 3.8) is 0 Å². The molecule has 2 N–H and O–H groups in total. The van der Waals surface area contributed by atoms with E-state index in [0.29, 0.717) is 47.3 Å². The van der Waals surface area contributed by atoms with Crippen LogP contribution in [0, 0.1) is 5.82 Å². The predicted molar refractivity (Wildman–Crippen MR) is 142 cm³/mol. The first-order valence-electron chi connectivity index (χ1n) is 12.7. The van der Waals surface area contributed by atoms with Crippen LogP contribution in [-0.2, 0) is 12.7 Å². The molecule has 0 bridgehead atoms. The van der Waals surface area contributed by atoms with Crippen LogP contribution in [0.15, 0.2) is 36.4 Å². The van der Waals surface area contributed by atoms with Gasteiger partial charge in [-0.3, -0.25) is 14.7 Å². The molecule has 0 saturated carbocycles. The van der Waals surface area contributed by atoms with Gasteiger partial charge in [0.25, 0.3) is 0 Å². The van der Waals surface area contributed by atoms with Gasteiger partial charge < -0.3 is 10.4 Å². The average molecular weight is 577 g/mol. The molecule has 0 radical (unpaired) electrons. The third-order valence-corrected chi connectivity index (χ3v) is 8.24. The molecule has 0 spiro atoms. The van der Waals surface area contributed by atoms with Crippen molar-refractivity contribution < 1.29 is 22.7 Å². The van der Waals surface area contributed by atoms with Crippen LogP contribution in [-0.4, -0.2) is 83.9 Å². The highest BCUT2D eigenvalue weighted by atomic mass is 35.5. The molecular weight excluding hydrogens is 543 g/mol. The maximum absolute atomic E-state index is 14.2. The first kappa shape index (κ1) is 29.5. The minimum atomic E-state index is -4.74. The molecule has 2 aliphatic rings. The van der Waals surface area contributed by atoms with Gasteiger partial charge in [-0.25, -0.2) is 4.39 Å². The minimum Gasteiger partial charge on any atom is -0.377 e. The number of aliphatic hydroxyl groups excluding tert-OH is 1. The molecule has 2 fully saturated rings. The number of likely N-dealkylation sites (tertiary alicyclic amines) is 1. The summed E-state index contributed by atoms with van der Waals surface area (Å²) < 4.78 is 53.3. The van der Waals surface area contributed by atoms with Crippen molar-refractivity contribution in [2.45, 2.75) is 56.8 Å². The van der Waals surface area contributed by atoms with Gasteiger partial charge in [0, 0.05) is 63.3 Å². The molecule has 2 aromatic rings. The summed E-state index contributed by atoms with van der Waals surface area (Å²) in [6.45, 7) is 7.78. The number of likely N-dealkylation sites (N-methyl/N-ethyl adjacent to an activating group) is 1. The Labute approximate surface area is 231 Å². The Hall–Kier alpha value is -1.46. The number of halogens is 6. The lowest BCUT2D eigenvalue weighted by atomic mass is 9.93. The Kier molecular flexibility index (Phi) is 9.29. The average Bonchev–Trinajstić information content (AvgIpc) is 3.25. The second-order valence-corrected chi connectivity index (χ2v) is 11.5. The highest BCUT2D eigenvalue weighted by Crippen LogP contribution is 2.36. The van der Waals surface area contributed by atoms with Crippen LogP contribution in [0.3, 0.4) is 0 Å². The van der Waals surface area contributed by atoms with Crippen LogP contribution in [0.2, 0.25) is 10.0 Å². The summed E-state index contributed by atoms with van der Waals surface area (Å²) in [6, 6.07) is 9.07. The first-order chi connectivity index (χ1) is 17.8. The first-order valence-corrected chi connectivity index (χ1v) is 13.5. The molecule has 5 nitrogen and oxygen atoms in total. The monoisotopic (exact) mass is 576 g/mol. The molecule has 0 aromatic heterocycles. The number of hydrogen-bond acceptors (Lipinski definition) is 5. The lowest BCUT2D eigenvalue weighted by molar-refractivity contribution is -0.140. The normalized spacial score (nSPS) is 26.3. The van der Waals surface area contributed by atoms with Crippen LogP contribution in [0.4, 0.5) is 17.6 Å². The van der Waals surface area contributed by atoms with E-state index in [-0.39, 0.29) is 18.5 Å². The Balaban J connectivity index is 1.53. The van der Waals surface area contributed by atoms with Crippen molar-refractivity contribution in [2.24, 2.45) is 0 Å². The van der Waals surface area contributed by atoms with E-state index >= 15 is 0 Å². The fraction of sp³-hybridized carbons (Fsp3) is 0.556. The second-order valence-electron chi connectivity index (χ2n) is 10.7. The number of rotatable bonds is 7. The van der Waals surface area contributed by atoms with E-state index in [4.69, 9.17) is 23.2 Å². The van der Waals surface area contributed by atoms with E-state index in [1.165, 1.54) is 6.07 Å². The van der Waals surface area contributed by atoms with Crippen molar-refractivity contribution >= 4 is 23.2 Å². The van der Waals surface area contributed by atoms with Gasteiger partial charge in [0.15, 0.2) is 0 Å². The highest BCUT2D eigenvalue weighted by Gasteiger charge is 2.40. The van der Waals surface area contributed by atoms with Gasteiger partial charge in [-0.2, -0.15) is 13.2 Å². The number of hydrogen-bond donors (Lipinski definition) is 2. The molecule has 5 unspecified atom stereocenters. The SMILES string of the molecule is CC1CN(CC(O)N2CC(c3ccc(Cl)c(Cl)c3)C(N(C)Cc3ccc(C(F)(F)F)c(F)c3)C2)CC(C)N1. The molecule has 5 atom stereocenters. The molecule has 11 heteroatoms. The van der Waals surface area contributed by atoms with E-state index in [1.54, 1.807) is 6.07 Å². The fourth-order valence-corrected chi connectivity index (χ4v) is 6.11. The van der Waals surface area contributed by atoms with Crippen LogP contribution in [0.5, 0.6) is 0 Å². The van der Waals surface area contributed by atoms with Gasteiger partial charge >= 0.3 is 6.18 Å². The summed E-state index contributed by atoms with van der Waals surface area (Å²) in [5.74, 6) is -1.34. The third kappa shape index (κ3) is 6.99. The molecule has 210 valence electrons. The lowest BCUT2D eigenvalue weighted by Gasteiger charge is -2.38. The standard InChI is InChI=1S/C27H34Cl2F4N4O/c1-16-10-36(11-17(2)34-16)15-26(38)37-13-20(19-5-7-22(28)23(29)9-19)25(14-37)35(3)12-18-4-6-21(24(30)8-18)27(31,32)33/h4-9,16-17,20,25-26,34,38H,10-15H2,1-3H3. The fourth-order valence-electron chi connectivity index (χ4n) is 5.80. The molecule has 2 heterocycles. The number of β-amino-alcohol motifs (C(OH)–C–C–N with tert-alkyl or cyclic N) is 1. The van der Waals surface area contributed by atoms with E-state index in [9.17, 15) is 22.7 Å². The summed E-state index contributed by atoms with van der Waals surface area (Å²) in [4.78, 5) is 6.28. The van der Waals surface area contributed by atoms with Gasteiger partial charge in [0.2, 0.25) is 0 Å².